The van der Waals surface area contributed by atoms with Crippen LogP contribution in [-0.4, -0.2) is 37.4 Å². The summed E-state index contributed by atoms with van der Waals surface area (Å²) in [4.78, 5) is 11.7. The molecule has 2 unspecified atom stereocenters. The molecule has 21 heavy (non-hydrogen) atoms. The van der Waals surface area contributed by atoms with Crippen LogP contribution < -0.4 is 5.32 Å². The predicted molar refractivity (Wildman–Crippen MR) is 79.1 cm³/mol. The van der Waals surface area contributed by atoms with Crippen molar-refractivity contribution in [2.45, 2.75) is 38.5 Å². The quantitative estimate of drug-likeness (QED) is 0.646. The van der Waals surface area contributed by atoms with Gasteiger partial charge in [-0.15, -0.1) is 0 Å². The Morgan fingerprint density at radius 3 is 3.00 bits per heavy atom. The van der Waals surface area contributed by atoms with Crippen molar-refractivity contribution in [1.29, 1.82) is 0 Å². The Hall–Kier alpha value is -1.33. The highest BCUT2D eigenvalue weighted by Crippen LogP contribution is 2.47. The summed E-state index contributed by atoms with van der Waals surface area (Å²) >= 11 is 0. The van der Waals surface area contributed by atoms with Gasteiger partial charge in [0.05, 0.1) is 13.2 Å². The van der Waals surface area contributed by atoms with Crippen molar-refractivity contribution in [2.75, 3.05) is 26.4 Å². The molecule has 1 aliphatic rings. The van der Waals surface area contributed by atoms with Crippen LogP contribution in [0.5, 0.6) is 0 Å². The summed E-state index contributed by atoms with van der Waals surface area (Å²) in [6.07, 6.45) is 3.07. The highest BCUT2D eigenvalue weighted by atomic mass is 16.5. The molecule has 1 fully saturated rings. The Morgan fingerprint density at radius 1 is 1.48 bits per heavy atom. The van der Waals surface area contributed by atoms with E-state index in [0.717, 1.165) is 23.9 Å². The predicted octanol–water partition coefficient (Wildman–Crippen LogP) is 1.85. The van der Waals surface area contributed by atoms with Gasteiger partial charge in [0.1, 0.15) is 11.5 Å². The van der Waals surface area contributed by atoms with E-state index in [2.05, 4.69) is 12.2 Å². The van der Waals surface area contributed by atoms with Gasteiger partial charge < -0.3 is 19.6 Å². The third-order valence-electron chi connectivity index (χ3n) is 3.78. The van der Waals surface area contributed by atoms with Gasteiger partial charge in [0, 0.05) is 31.9 Å². The van der Waals surface area contributed by atoms with Crippen molar-refractivity contribution in [3.63, 3.8) is 0 Å². The first-order chi connectivity index (χ1) is 10.2. The molecule has 1 amide bonds. The maximum atomic E-state index is 11.7. The highest BCUT2D eigenvalue weighted by Gasteiger charge is 2.36. The lowest BCUT2D eigenvalue weighted by atomic mass is 10.2. The lowest BCUT2D eigenvalue weighted by Crippen LogP contribution is -2.25. The molecule has 5 heteroatoms. The molecule has 1 heterocycles. The summed E-state index contributed by atoms with van der Waals surface area (Å²) in [7, 11) is 0. The number of carbonyl (C=O) groups excluding carboxylic acids is 1. The molecule has 2 N–H and O–H groups in total. The van der Waals surface area contributed by atoms with E-state index in [4.69, 9.17) is 14.3 Å². The van der Waals surface area contributed by atoms with Crippen molar-refractivity contribution in [3.05, 3.63) is 23.7 Å². The van der Waals surface area contributed by atoms with Crippen LogP contribution in [0, 0.1) is 5.92 Å². The van der Waals surface area contributed by atoms with Crippen molar-refractivity contribution in [3.8, 4) is 0 Å². The van der Waals surface area contributed by atoms with E-state index in [9.17, 15) is 4.79 Å². The second-order valence-electron chi connectivity index (χ2n) is 5.66. The zero-order valence-corrected chi connectivity index (χ0v) is 12.6. The summed E-state index contributed by atoms with van der Waals surface area (Å²) in [6.45, 7) is 3.78. The van der Waals surface area contributed by atoms with Crippen molar-refractivity contribution < 1.29 is 19.1 Å². The van der Waals surface area contributed by atoms with Gasteiger partial charge in [-0.2, -0.15) is 0 Å². The van der Waals surface area contributed by atoms with Crippen LogP contribution in [-0.2, 0) is 16.0 Å². The van der Waals surface area contributed by atoms with Gasteiger partial charge in [-0.25, -0.2) is 0 Å². The summed E-state index contributed by atoms with van der Waals surface area (Å²) in [5.41, 5.74) is 0. The highest BCUT2D eigenvalue weighted by molar-refractivity contribution is 5.76. The van der Waals surface area contributed by atoms with Gasteiger partial charge in [-0.05, 0) is 30.9 Å². The van der Waals surface area contributed by atoms with E-state index in [1.165, 1.54) is 6.42 Å². The standard InChI is InChI=1S/C16H25NO4/c1-12-11-14(12)15-5-3-13(21-15)4-6-16(19)17-7-2-9-20-10-8-18/h3,5,12,14,18H,2,4,6-11H2,1H3,(H,17,19). The van der Waals surface area contributed by atoms with Gasteiger partial charge in [0.25, 0.3) is 0 Å². The van der Waals surface area contributed by atoms with Gasteiger partial charge in [-0.3, -0.25) is 4.79 Å². The number of nitrogens with one attached hydrogen (secondary N) is 1. The van der Waals surface area contributed by atoms with E-state index in [0.29, 0.717) is 38.5 Å². The fourth-order valence-corrected chi connectivity index (χ4v) is 2.34. The Morgan fingerprint density at radius 2 is 2.29 bits per heavy atom. The smallest absolute Gasteiger partial charge is 0.220 e. The van der Waals surface area contributed by atoms with Crippen molar-refractivity contribution in [2.24, 2.45) is 5.92 Å². The van der Waals surface area contributed by atoms with Crippen LogP contribution >= 0.6 is 0 Å². The maximum absolute atomic E-state index is 11.7. The van der Waals surface area contributed by atoms with E-state index < -0.39 is 0 Å². The number of aliphatic hydroxyl groups is 1. The van der Waals surface area contributed by atoms with E-state index >= 15 is 0 Å². The summed E-state index contributed by atoms with van der Waals surface area (Å²) in [5.74, 6) is 3.33. The van der Waals surface area contributed by atoms with E-state index in [-0.39, 0.29) is 12.5 Å². The molecular formula is C16H25NO4. The molecule has 5 nitrogen and oxygen atoms in total. The van der Waals surface area contributed by atoms with Gasteiger partial charge >= 0.3 is 0 Å². The second kappa shape index (κ2) is 8.20. The molecule has 0 radical (unpaired) electrons. The van der Waals surface area contributed by atoms with Crippen LogP contribution in [0.1, 0.15) is 43.6 Å². The van der Waals surface area contributed by atoms with Crippen LogP contribution in [0.4, 0.5) is 0 Å². The normalized spacial score (nSPS) is 20.5. The molecule has 1 aromatic rings. The number of aliphatic hydroxyl groups excluding tert-OH is 1. The Kier molecular flexibility index (Phi) is 6.26. The molecule has 1 aliphatic carbocycles. The molecule has 0 aliphatic heterocycles. The summed E-state index contributed by atoms with van der Waals surface area (Å²) < 4.78 is 10.9. The maximum Gasteiger partial charge on any atom is 0.220 e. The van der Waals surface area contributed by atoms with Crippen molar-refractivity contribution >= 4 is 5.91 Å². The molecule has 0 saturated heterocycles. The number of rotatable bonds is 10. The first-order valence-electron chi connectivity index (χ1n) is 7.74. The number of hydrogen-bond donors (Lipinski definition) is 2. The molecule has 2 rings (SSSR count). The fourth-order valence-electron chi connectivity index (χ4n) is 2.34. The number of furan rings is 1. The Bertz CT molecular complexity index is 443. The number of aryl methyl sites for hydroxylation is 1. The minimum Gasteiger partial charge on any atom is -0.466 e. The molecule has 0 bridgehead atoms. The number of hydrogen-bond acceptors (Lipinski definition) is 4. The minimum atomic E-state index is 0.0369. The monoisotopic (exact) mass is 295 g/mol. The lowest BCUT2D eigenvalue weighted by Gasteiger charge is -2.05. The third kappa shape index (κ3) is 5.52. The number of ether oxygens (including phenoxy) is 1. The van der Waals surface area contributed by atoms with Crippen LogP contribution in [0.2, 0.25) is 0 Å². The zero-order valence-electron chi connectivity index (χ0n) is 12.6. The second-order valence-corrected chi connectivity index (χ2v) is 5.66. The largest absolute Gasteiger partial charge is 0.466 e. The van der Waals surface area contributed by atoms with Crippen LogP contribution in [0.3, 0.4) is 0 Å². The van der Waals surface area contributed by atoms with Crippen LogP contribution in [0.25, 0.3) is 0 Å². The number of carbonyl (C=O) groups is 1. The van der Waals surface area contributed by atoms with Crippen molar-refractivity contribution in [1.82, 2.24) is 5.32 Å². The third-order valence-corrected chi connectivity index (χ3v) is 3.78. The Labute approximate surface area is 125 Å². The summed E-state index contributed by atoms with van der Waals surface area (Å²) in [6, 6.07) is 4.02. The van der Waals surface area contributed by atoms with E-state index in [1.54, 1.807) is 0 Å². The topological polar surface area (TPSA) is 71.7 Å². The molecule has 1 saturated carbocycles. The molecule has 0 aromatic carbocycles. The zero-order chi connectivity index (χ0) is 15.1. The fraction of sp³-hybridized carbons (Fsp3) is 0.688. The Balaban J connectivity index is 1.55. The van der Waals surface area contributed by atoms with Gasteiger partial charge in [0.2, 0.25) is 5.91 Å². The average Bonchev–Trinajstić information content (AvgIpc) is 3.02. The average molecular weight is 295 g/mol. The lowest BCUT2D eigenvalue weighted by molar-refractivity contribution is -0.121. The minimum absolute atomic E-state index is 0.0369. The molecular weight excluding hydrogens is 270 g/mol. The van der Waals surface area contributed by atoms with Gasteiger partial charge in [-0.1, -0.05) is 6.92 Å². The molecule has 0 spiro atoms. The van der Waals surface area contributed by atoms with Gasteiger partial charge in [0.15, 0.2) is 0 Å². The summed E-state index contributed by atoms with van der Waals surface area (Å²) in [5, 5.41) is 11.4. The first kappa shape index (κ1) is 16.0. The molecule has 2 atom stereocenters. The van der Waals surface area contributed by atoms with Crippen LogP contribution in [0.15, 0.2) is 16.5 Å². The number of amides is 1. The molecule has 1 aromatic heterocycles. The molecule has 118 valence electrons. The van der Waals surface area contributed by atoms with E-state index in [1.807, 2.05) is 12.1 Å². The SMILES string of the molecule is CC1CC1c1ccc(CCC(=O)NCCCOCCO)o1. The first-order valence-corrected chi connectivity index (χ1v) is 7.74.